The zero-order valence-corrected chi connectivity index (χ0v) is 31.5. The van der Waals surface area contributed by atoms with Gasteiger partial charge in [0.15, 0.2) is 0 Å². The summed E-state index contributed by atoms with van der Waals surface area (Å²) in [5.74, 6) is 0. The van der Waals surface area contributed by atoms with Crippen LogP contribution in [-0.2, 0) is 0 Å². The van der Waals surface area contributed by atoms with Crippen LogP contribution in [0.5, 0.6) is 0 Å². The van der Waals surface area contributed by atoms with Crippen molar-refractivity contribution in [2.24, 2.45) is 10.8 Å². The SMILES string of the molecule is CC(C)(C)CCCCCCC/C=C\CCCCCCCCC(O)CCCCCCCC/C=C\CCCCCCCC(C)(C)C. The third-order valence-electron chi connectivity index (χ3n) is 9.24. The largest absolute Gasteiger partial charge is 0.393 e. The van der Waals surface area contributed by atoms with Crippen molar-refractivity contribution in [3.8, 4) is 0 Å². The molecule has 0 saturated heterocycles. The number of hydrogen-bond acceptors (Lipinski definition) is 1. The van der Waals surface area contributed by atoms with Gasteiger partial charge in [0.25, 0.3) is 0 Å². The van der Waals surface area contributed by atoms with E-state index < -0.39 is 0 Å². The van der Waals surface area contributed by atoms with Gasteiger partial charge in [-0.3, -0.25) is 0 Å². The molecule has 0 aliphatic rings. The Hall–Kier alpha value is -0.560. The number of aliphatic hydroxyl groups excluding tert-OH is 1. The summed E-state index contributed by atoms with van der Waals surface area (Å²) in [6.45, 7) is 14.1. The van der Waals surface area contributed by atoms with Gasteiger partial charge in [-0.25, -0.2) is 0 Å². The molecule has 1 N–H and O–H groups in total. The number of rotatable bonds is 32. The van der Waals surface area contributed by atoms with Gasteiger partial charge in [0.2, 0.25) is 0 Å². The van der Waals surface area contributed by atoms with E-state index in [2.05, 4.69) is 65.8 Å². The summed E-state index contributed by atoms with van der Waals surface area (Å²) in [5.41, 5.74) is 1.02. The van der Waals surface area contributed by atoms with Crippen LogP contribution in [0.25, 0.3) is 0 Å². The first-order valence-corrected chi connectivity index (χ1v) is 20.1. The predicted molar refractivity (Wildman–Crippen MR) is 202 cm³/mol. The molecule has 0 aromatic rings. The zero-order valence-electron chi connectivity index (χ0n) is 31.5. The molecule has 0 aromatic carbocycles. The summed E-state index contributed by atoms with van der Waals surface area (Å²) in [7, 11) is 0. The van der Waals surface area contributed by atoms with Gasteiger partial charge in [-0.15, -0.1) is 0 Å². The maximum absolute atomic E-state index is 10.3. The van der Waals surface area contributed by atoms with Crippen molar-refractivity contribution in [3.05, 3.63) is 24.3 Å². The fraction of sp³-hybridized carbons (Fsp3) is 0.907. The summed E-state index contributed by atoms with van der Waals surface area (Å²) < 4.78 is 0. The minimum absolute atomic E-state index is 0.0581. The van der Waals surface area contributed by atoms with E-state index in [-0.39, 0.29) is 6.10 Å². The molecule has 0 spiro atoms. The van der Waals surface area contributed by atoms with Crippen molar-refractivity contribution in [1.29, 1.82) is 0 Å². The van der Waals surface area contributed by atoms with Crippen LogP contribution < -0.4 is 0 Å². The Balaban J connectivity index is 3.27. The monoisotopic (exact) mass is 617 g/mol. The van der Waals surface area contributed by atoms with Crippen molar-refractivity contribution in [2.45, 2.75) is 240 Å². The van der Waals surface area contributed by atoms with Crippen LogP contribution in [0.4, 0.5) is 0 Å². The molecule has 0 fully saturated rings. The van der Waals surface area contributed by atoms with Gasteiger partial charge in [-0.05, 0) is 87.9 Å². The molecule has 0 aliphatic carbocycles. The van der Waals surface area contributed by atoms with Crippen LogP contribution in [0, 0.1) is 10.8 Å². The average Bonchev–Trinajstić information content (AvgIpc) is 2.95. The molecule has 44 heavy (non-hydrogen) atoms. The second-order valence-corrected chi connectivity index (χ2v) is 16.7. The van der Waals surface area contributed by atoms with E-state index in [1.807, 2.05) is 0 Å². The molecule has 0 bridgehead atoms. The molecule has 0 amide bonds. The van der Waals surface area contributed by atoms with E-state index in [1.165, 1.54) is 180 Å². The minimum Gasteiger partial charge on any atom is -0.393 e. The normalized spacial score (nSPS) is 12.9. The van der Waals surface area contributed by atoms with Gasteiger partial charge in [0.1, 0.15) is 0 Å². The number of unbranched alkanes of at least 4 members (excludes halogenated alkanes) is 22. The zero-order chi connectivity index (χ0) is 32.6. The van der Waals surface area contributed by atoms with Crippen molar-refractivity contribution in [3.63, 3.8) is 0 Å². The molecule has 1 nitrogen and oxygen atoms in total. The predicted octanol–water partition coefficient (Wildman–Crippen LogP) is 15.3. The number of aliphatic hydroxyl groups is 1. The Morgan fingerprint density at radius 3 is 0.841 bits per heavy atom. The van der Waals surface area contributed by atoms with Gasteiger partial charge < -0.3 is 5.11 Å². The number of hydrogen-bond donors (Lipinski definition) is 1. The van der Waals surface area contributed by atoms with Crippen LogP contribution >= 0.6 is 0 Å². The van der Waals surface area contributed by atoms with E-state index in [1.54, 1.807) is 0 Å². The molecule has 0 aromatic heterocycles. The molecule has 0 rings (SSSR count). The van der Waals surface area contributed by atoms with Gasteiger partial charge in [-0.2, -0.15) is 0 Å². The van der Waals surface area contributed by atoms with Crippen LogP contribution in [0.1, 0.15) is 234 Å². The maximum atomic E-state index is 10.3. The van der Waals surface area contributed by atoms with Crippen LogP contribution in [0.2, 0.25) is 0 Å². The highest BCUT2D eigenvalue weighted by atomic mass is 16.3. The van der Waals surface area contributed by atoms with Gasteiger partial charge in [0, 0.05) is 0 Å². The molecule has 0 aliphatic heterocycles. The van der Waals surface area contributed by atoms with Gasteiger partial charge in [-0.1, -0.05) is 181 Å². The topological polar surface area (TPSA) is 20.2 Å². The Bertz CT molecular complexity index is 562. The smallest absolute Gasteiger partial charge is 0.0540 e. The molecule has 0 radical (unpaired) electrons. The Morgan fingerprint density at radius 1 is 0.341 bits per heavy atom. The van der Waals surface area contributed by atoms with Gasteiger partial charge in [0.05, 0.1) is 6.10 Å². The average molecular weight is 617 g/mol. The van der Waals surface area contributed by atoms with E-state index >= 15 is 0 Å². The summed E-state index contributed by atoms with van der Waals surface area (Å²) >= 11 is 0. The Morgan fingerprint density at radius 2 is 0.568 bits per heavy atom. The Kier molecular flexibility index (Phi) is 30.7. The van der Waals surface area contributed by atoms with Crippen LogP contribution in [0.3, 0.4) is 0 Å². The molecule has 262 valence electrons. The van der Waals surface area contributed by atoms with Crippen molar-refractivity contribution < 1.29 is 5.11 Å². The molecular formula is C43H84O. The fourth-order valence-corrected chi connectivity index (χ4v) is 6.21. The number of allylic oxidation sites excluding steroid dienone is 4. The van der Waals surface area contributed by atoms with Gasteiger partial charge >= 0.3 is 0 Å². The molecule has 0 unspecified atom stereocenters. The summed E-state index contributed by atoms with van der Waals surface area (Å²) in [6, 6.07) is 0. The quantitative estimate of drug-likeness (QED) is 0.0589. The molecule has 1 heteroatoms. The van der Waals surface area contributed by atoms with Crippen molar-refractivity contribution >= 4 is 0 Å². The highest BCUT2D eigenvalue weighted by Crippen LogP contribution is 2.23. The van der Waals surface area contributed by atoms with E-state index in [9.17, 15) is 5.11 Å². The third kappa shape index (κ3) is 39.5. The first-order valence-electron chi connectivity index (χ1n) is 20.1. The Labute approximate surface area is 279 Å². The van der Waals surface area contributed by atoms with Crippen LogP contribution in [-0.4, -0.2) is 11.2 Å². The lowest BCUT2D eigenvalue weighted by molar-refractivity contribution is 0.147. The van der Waals surface area contributed by atoms with Crippen molar-refractivity contribution in [1.82, 2.24) is 0 Å². The van der Waals surface area contributed by atoms with Crippen molar-refractivity contribution in [2.75, 3.05) is 0 Å². The highest BCUT2D eigenvalue weighted by molar-refractivity contribution is 4.82. The molecule has 0 heterocycles. The second kappa shape index (κ2) is 31.1. The van der Waals surface area contributed by atoms with E-state index in [4.69, 9.17) is 0 Å². The van der Waals surface area contributed by atoms with E-state index in [0.717, 1.165) is 12.8 Å². The summed E-state index contributed by atoms with van der Waals surface area (Å²) in [4.78, 5) is 0. The molecular weight excluding hydrogens is 532 g/mol. The first kappa shape index (κ1) is 43.4. The third-order valence-corrected chi connectivity index (χ3v) is 9.24. The maximum Gasteiger partial charge on any atom is 0.0540 e. The lowest BCUT2D eigenvalue weighted by atomic mass is 9.89. The highest BCUT2D eigenvalue weighted by Gasteiger charge is 2.09. The van der Waals surface area contributed by atoms with E-state index in [0.29, 0.717) is 10.8 Å². The first-order chi connectivity index (χ1) is 21.1. The standard InChI is InChI=1S/C43H84O/c1-42(2,3)39-35-31-27-23-19-15-11-7-9-13-17-21-25-29-33-37-41(44)38-34-30-26-22-18-14-10-8-12-16-20-24-28-32-36-40-43(4,5)6/h7-8,11-12,41,44H,9-10,13-40H2,1-6H3/b11-7-,12-8-. The second-order valence-electron chi connectivity index (χ2n) is 16.7. The lowest BCUT2D eigenvalue weighted by Gasteiger charge is -2.17. The summed E-state index contributed by atoms with van der Waals surface area (Å²) in [5, 5.41) is 10.3. The lowest BCUT2D eigenvalue weighted by Crippen LogP contribution is -2.05. The molecule has 0 atom stereocenters. The minimum atomic E-state index is -0.0581. The summed E-state index contributed by atoms with van der Waals surface area (Å²) in [6.07, 6.45) is 49.4. The molecule has 0 saturated carbocycles. The van der Waals surface area contributed by atoms with Crippen LogP contribution in [0.15, 0.2) is 24.3 Å². The fourth-order valence-electron chi connectivity index (χ4n) is 6.21.